The number of rotatable bonds is 4. The van der Waals surface area contributed by atoms with Crippen molar-refractivity contribution in [3.05, 3.63) is 38.2 Å². The van der Waals surface area contributed by atoms with E-state index in [0.29, 0.717) is 18.0 Å². The summed E-state index contributed by atoms with van der Waals surface area (Å²) in [5, 5.41) is 14.5. The van der Waals surface area contributed by atoms with Crippen LogP contribution in [0.2, 0.25) is 0 Å². The van der Waals surface area contributed by atoms with Crippen LogP contribution in [0.3, 0.4) is 0 Å². The molecule has 0 saturated carbocycles. The maximum Gasteiger partial charge on any atom is 0.247 e. The highest BCUT2D eigenvalue weighted by Gasteiger charge is 2.12. The first-order chi connectivity index (χ1) is 6.59. The van der Waals surface area contributed by atoms with Crippen LogP contribution in [-0.2, 0) is 0 Å². The Bertz CT molecular complexity index is 328. The minimum Gasteiger partial charge on any atom is -0.259 e. The van der Waals surface area contributed by atoms with E-state index in [1.165, 1.54) is 0 Å². The van der Waals surface area contributed by atoms with Gasteiger partial charge in [0.05, 0.1) is 4.92 Å². The Hall–Kier alpha value is -1.16. The smallest absolute Gasteiger partial charge is 0.247 e. The Morgan fingerprint density at radius 3 is 2.86 bits per heavy atom. The van der Waals surface area contributed by atoms with E-state index in [1.54, 1.807) is 17.4 Å². The van der Waals surface area contributed by atoms with Gasteiger partial charge in [-0.25, -0.2) is 0 Å². The summed E-state index contributed by atoms with van der Waals surface area (Å²) in [6.45, 7) is 3.95. The number of hydrogen-bond donors (Lipinski definition) is 0. The van der Waals surface area contributed by atoms with Crippen LogP contribution in [0.15, 0.2) is 22.5 Å². The van der Waals surface area contributed by atoms with E-state index in [4.69, 9.17) is 0 Å². The monoisotopic (exact) mass is 211 g/mol. The molecule has 0 aliphatic rings. The zero-order chi connectivity index (χ0) is 10.6. The summed E-state index contributed by atoms with van der Waals surface area (Å²) >= 11 is 1.54. The molecule has 3 nitrogen and oxygen atoms in total. The minimum absolute atomic E-state index is 0.290. The highest BCUT2D eigenvalue weighted by atomic mass is 32.1. The zero-order valence-corrected chi connectivity index (χ0v) is 9.08. The van der Waals surface area contributed by atoms with Gasteiger partial charge in [-0.15, -0.1) is 0 Å². The molecular weight excluding hydrogens is 198 g/mol. The summed E-state index contributed by atoms with van der Waals surface area (Å²) in [5.41, 5.74) is 1.21. The van der Waals surface area contributed by atoms with E-state index in [9.17, 15) is 10.1 Å². The molecule has 0 aliphatic heterocycles. The van der Waals surface area contributed by atoms with Crippen LogP contribution in [0, 0.1) is 16.0 Å². The molecule has 0 amide bonds. The van der Waals surface area contributed by atoms with Crippen LogP contribution in [0.25, 0.3) is 6.08 Å². The molecule has 1 aromatic rings. The second-order valence-corrected chi connectivity index (χ2v) is 4.33. The van der Waals surface area contributed by atoms with Crippen molar-refractivity contribution >= 4 is 17.4 Å². The van der Waals surface area contributed by atoms with Crippen LogP contribution in [0.5, 0.6) is 0 Å². The topological polar surface area (TPSA) is 43.1 Å². The lowest BCUT2D eigenvalue weighted by Crippen LogP contribution is -2.02. The number of allylic oxidation sites excluding steroid dienone is 1. The molecule has 0 N–H and O–H groups in total. The van der Waals surface area contributed by atoms with Crippen molar-refractivity contribution in [2.45, 2.75) is 20.3 Å². The van der Waals surface area contributed by atoms with Gasteiger partial charge < -0.3 is 0 Å². The third kappa shape index (κ3) is 3.30. The fourth-order valence-electron chi connectivity index (χ4n) is 1.15. The summed E-state index contributed by atoms with van der Waals surface area (Å²) in [7, 11) is 0. The van der Waals surface area contributed by atoms with Gasteiger partial charge in [0.25, 0.3) is 0 Å². The fourth-order valence-corrected chi connectivity index (χ4v) is 1.77. The predicted molar refractivity (Wildman–Crippen MR) is 58.7 cm³/mol. The molecule has 1 aromatic heterocycles. The summed E-state index contributed by atoms with van der Waals surface area (Å²) in [6.07, 6.45) is 2.17. The van der Waals surface area contributed by atoms with E-state index in [0.717, 1.165) is 5.56 Å². The lowest BCUT2D eigenvalue weighted by atomic mass is 10.1. The van der Waals surface area contributed by atoms with Crippen LogP contribution in [0.4, 0.5) is 0 Å². The van der Waals surface area contributed by atoms with Crippen LogP contribution in [0.1, 0.15) is 25.8 Å². The average molecular weight is 211 g/mol. The molecule has 0 fully saturated rings. The van der Waals surface area contributed by atoms with Crippen molar-refractivity contribution in [1.82, 2.24) is 0 Å². The molecule has 0 radical (unpaired) electrons. The van der Waals surface area contributed by atoms with E-state index in [2.05, 4.69) is 0 Å². The van der Waals surface area contributed by atoms with Crippen LogP contribution in [-0.4, -0.2) is 4.92 Å². The normalized spacial score (nSPS) is 12.1. The molecule has 0 bridgehead atoms. The quantitative estimate of drug-likeness (QED) is 0.565. The number of hydrogen-bond acceptors (Lipinski definition) is 3. The summed E-state index contributed by atoms with van der Waals surface area (Å²) in [6, 6.07) is 1.88. The lowest BCUT2D eigenvalue weighted by Gasteiger charge is -2.01. The van der Waals surface area contributed by atoms with Crippen molar-refractivity contribution in [2.75, 3.05) is 0 Å². The van der Waals surface area contributed by atoms with E-state index >= 15 is 0 Å². The molecule has 4 heteroatoms. The van der Waals surface area contributed by atoms with Gasteiger partial charge in [0, 0.05) is 12.5 Å². The van der Waals surface area contributed by atoms with Gasteiger partial charge >= 0.3 is 0 Å². The number of nitrogens with zero attached hydrogens (tertiary/aromatic N) is 1. The van der Waals surface area contributed by atoms with E-state index < -0.39 is 0 Å². The Balaban J connectivity index is 2.82. The lowest BCUT2D eigenvalue weighted by molar-refractivity contribution is -0.427. The van der Waals surface area contributed by atoms with Crippen LogP contribution >= 0.6 is 11.3 Å². The third-order valence-corrected chi connectivity index (χ3v) is 2.43. The van der Waals surface area contributed by atoms with Crippen molar-refractivity contribution in [3.8, 4) is 0 Å². The second kappa shape index (κ2) is 4.91. The molecule has 0 aromatic carbocycles. The summed E-state index contributed by atoms with van der Waals surface area (Å²) in [4.78, 5) is 10.4. The second-order valence-electron chi connectivity index (χ2n) is 3.55. The highest BCUT2D eigenvalue weighted by Crippen LogP contribution is 2.17. The largest absolute Gasteiger partial charge is 0.259 e. The highest BCUT2D eigenvalue weighted by molar-refractivity contribution is 7.08. The molecule has 0 saturated heterocycles. The maximum absolute atomic E-state index is 10.7. The molecule has 76 valence electrons. The van der Waals surface area contributed by atoms with Crippen molar-refractivity contribution in [1.29, 1.82) is 0 Å². The predicted octanol–water partition coefficient (Wildman–Crippen LogP) is 3.41. The summed E-state index contributed by atoms with van der Waals surface area (Å²) < 4.78 is 0. The SMILES string of the molecule is CC(C)CC(=Cc1ccsc1)[N+](=O)[O-]. The van der Waals surface area contributed by atoms with Gasteiger partial charge in [-0.2, -0.15) is 11.3 Å². The number of thiophene rings is 1. The Kier molecular flexibility index (Phi) is 3.83. The average Bonchev–Trinajstić information content (AvgIpc) is 2.54. The zero-order valence-electron chi connectivity index (χ0n) is 8.27. The van der Waals surface area contributed by atoms with Crippen molar-refractivity contribution < 1.29 is 4.92 Å². The van der Waals surface area contributed by atoms with E-state index in [-0.39, 0.29) is 4.92 Å². The molecule has 14 heavy (non-hydrogen) atoms. The van der Waals surface area contributed by atoms with E-state index in [1.807, 2.05) is 30.7 Å². The number of nitro groups is 1. The van der Waals surface area contributed by atoms with Crippen molar-refractivity contribution in [2.24, 2.45) is 5.92 Å². The Morgan fingerprint density at radius 2 is 2.43 bits per heavy atom. The molecule has 1 rings (SSSR count). The van der Waals surface area contributed by atoms with Gasteiger partial charge in [0.1, 0.15) is 0 Å². The molecule has 0 spiro atoms. The first-order valence-corrected chi connectivity index (χ1v) is 5.41. The molecular formula is C10H13NO2S. The fraction of sp³-hybridized carbons (Fsp3) is 0.400. The van der Waals surface area contributed by atoms with Crippen LogP contribution < -0.4 is 0 Å². The van der Waals surface area contributed by atoms with Crippen molar-refractivity contribution in [3.63, 3.8) is 0 Å². The summed E-state index contributed by atoms with van der Waals surface area (Å²) in [5.74, 6) is 0.310. The first kappa shape index (κ1) is 10.9. The van der Waals surface area contributed by atoms with Gasteiger partial charge in [0.2, 0.25) is 5.70 Å². The Morgan fingerprint density at radius 1 is 1.71 bits per heavy atom. The van der Waals surface area contributed by atoms with Gasteiger partial charge in [0.15, 0.2) is 0 Å². The Labute approximate surface area is 87.2 Å². The maximum atomic E-state index is 10.7. The molecule has 0 unspecified atom stereocenters. The standard InChI is InChI=1S/C10H13NO2S/c1-8(2)5-10(11(12)13)6-9-3-4-14-7-9/h3-4,6-8H,5H2,1-2H3. The third-order valence-electron chi connectivity index (χ3n) is 1.73. The van der Waals surface area contributed by atoms with Gasteiger partial charge in [-0.05, 0) is 28.3 Å². The molecule has 0 atom stereocenters. The molecule has 1 heterocycles. The molecule has 0 aliphatic carbocycles. The van der Waals surface area contributed by atoms with Gasteiger partial charge in [-0.3, -0.25) is 10.1 Å². The van der Waals surface area contributed by atoms with Gasteiger partial charge in [-0.1, -0.05) is 13.8 Å². The first-order valence-electron chi connectivity index (χ1n) is 4.46. The minimum atomic E-state index is -0.294.